The number of hydrogen-bond donors (Lipinski definition) is 1. The van der Waals surface area contributed by atoms with Crippen LogP contribution in [0.25, 0.3) is 0 Å². The van der Waals surface area contributed by atoms with E-state index in [1.165, 1.54) is 0 Å². The van der Waals surface area contributed by atoms with Crippen LogP contribution < -0.4 is 9.64 Å². The van der Waals surface area contributed by atoms with E-state index in [1.807, 2.05) is 50.5 Å². The van der Waals surface area contributed by atoms with Gasteiger partial charge in [0.05, 0.1) is 11.0 Å². The lowest BCUT2D eigenvalue weighted by atomic mass is 9.81. The van der Waals surface area contributed by atoms with Crippen LogP contribution in [0.2, 0.25) is 0 Å². The molecule has 0 saturated carbocycles. The Balaban J connectivity index is 1.57. The van der Waals surface area contributed by atoms with Gasteiger partial charge < -0.3 is 14.7 Å². The molecule has 2 aromatic rings. The summed E-state index contributed by atoms with van der Waals surface area (Å²) in [6.07, 6.45) is 10.2. The zero-order valence-corrected chi connectivity index (χ0v) is 21.0. The Bertz CT molecular complexity index is 1340. The number of benzene rings is 2. The summed E-state index contributed by atoms with van der Waals surface area (Å²) in [5.74, 6) is -0.377. The molecule has 0 fully saturated rings. The minimum Gasteiger partial charge on any atom is -0.478 e. The topological polar surface area (TPSA) is 69.8 Å². The average Bonchev–Trinajstić information content (AvgIpc) is 3.12. The van der Waals surface area contributed by atoms with Gasteiger partial charge in [-0.1, -0.05) is 32.1 Å². The van der Waals surface area contributed by atoms with Crippen LogP contribution in [-0.2, 0) is 15.6 Å². The highest BCUT2D eigenvalue weighted by Crippen LogP contribution is 2.47. The van der Waals surface area contributed by atoms with Crippen molar-refractivity contribution in [2.24, 2.45) is 0 Å². The molecule has 2 heterocycles. The first kappa shape index (κ1) is 24.2. The maximum absolute atomic E-state index is 11.4. The first-order valence-corrected chi connectivity index (χ1v) is 11.5. The number of carbonyl (C=O) groups is 2. The third-order valence-corrected chi connectivity index (χ3v) is 7.20. The molecule has 2 aliphatic heterocycles. The number of rotatable bonds is 6. The Labute approximate surface area is 206 Å². The van der Waals surface area contributed by atoms with E-state index >= 15 is 0 Å². The van der Waals surface area contributed by atoms with Crippen molar-refractivity contribution in [3.8, 4) is 5.75 Å². The number of anilines is 1. The van der Waals surface area contributed by atoms with E-state index in [0.29, 0.717) is 17.8 Å². The highest BCUT2D eigenvalue weighted by atomic mass is 16.5. The predicted octanol–water partition coefficient (Wildman–Crippen LogP) is 5.35. The summed E-state index contributed by atoms with van der Waals surface area (Å²) in [5.41, 5.74) is 6.22. The fraction of sp³-hybridized carbons (Fsp3) is 0.276. The van der Waals surface area contributed by atoms with Crippen molar-refractivity contribution in [1.29, 1.82) is 0 Å². The van der Waals surface area contributed by atoms with Crippen molar-refractivity contribution >= 4 is 29.5 Å². The molecule has 0 radical (unpaired) electrons. The minimum absolute atomic E-state index is 0.244. The molecule has 0 aromatic heterocycles. The molecule has 0 bridgehead atoms. The van der Waals surface area contributed by atoms with Crippen LogP contribution in [0.5, 0.6) is 5.75 Å². The average molecular weight is 472 g/mol. The molecule has 0 aliphatic carbocycles. The quantitative estimate of drug-likeness (QED) is 0.349. The highest BCUT2D eigenvalue weighted by molar-refractivity contribution is 6.03. The zero-order chi connectivity index (χ0) is 25.5. The molecule has 0 spiro atoms. The third kappa shape index (κ3) is 3.99. The fourth-order valence-electron chi connectivity index (χ4n) is 5.27. The molecule has 0 atom stereocenters. The Morgan fingerprint density at radius 1 is 1.00 bits per heavy atom. The number of hydrogen-bond acceptors (Lipinski definition) is 4. The number of carboxylic acids is 1. The zero-order valence-electron chi connectivity index (χ0n) is 21.0. The molecular weight excluding hydrogens is 440 g/mol. The molecule has 2 aromatic carbocycles. The number of allylic oxidation sites excluding steroid dienone is 6. The number of likely N-dealkylation sites (N-methyl/N-ethyl adjacent to an activating group) is 1. The molecular formula is C29H31N2O4+. The van der Waals surface area contributed by atoms with Crippen molar-refractivity contribution in [2.75, 3.05) is 19.0 Å². The molecule has 180 valence electrons. The Morgan fingerprint density at radius 2 is 1.74 bits per heavy atom. The molecule has 4 rings (SSSR count). The Kier molecular flexibility index (Phi) is 6.01. The Morgan fingerprint density at radius 3 is 2.43 bits per heavy atom. The van der Waals surface area contributed by atoms with Gasteiger partial charge in [0.1, 0.15) is 12.8 Å². The van der Waals surface area contributed by atoms with Gasteiger partial charge in [0.2, 0.25) is 5.69 Å². The molecule has 1 N–H and O–H groups in total. The van der Waals surface area contributed by atoms with Gasteiger partial charge >= 0.3 is 5.97 Å². The van der Waals surface area contributed by atoms with E-state index in [4.69, 9.17) is 4.74 Å². The van der Waals surface area contributed by atoms with Crippen molar-refractivity contribution in [3.63, 3.8) is 0 Å². The lowest BCUT2D eigenvalue weighted by molar-refractivity contribution is -0.401. The monoisotopic (exact) mass is 471 g/mol. The Hall–Kier alpha value is -3.93. The molecule has 35 heavy (non-hydrogen) atoms. The molecule has 6 heteroatoms. The van der Waals surface area contributed by atoms with Crippen molar-refractivity contribution < 1.29 is 24.0 Å². The first-order valence-electron chi connectivity index (χ1n) is 11.5. The number of carboxylic acid groups (broad SMARTS) is 1. The number of fused-ring (bicyclic) bond motifs is 2. The van der Waals surface area contributed by atoms with Crippen LogP contribution in [0, 0.1) is 0 Å². The van der Waals surface area contributed by atoms with Gasteiger partial charge in [-0.25, -0.2) is 4.79 Å². The van der Waals surface area contributed by atoms with Gasteiger partial charge in [0.15, 0.2) is 5.71 Å². The summed E-state index contributed by atoms with van der Waals surface area (Å²) >= 11 is 0. The summed E-state index contributed by atoms with van der Waals surface area (Å²) in [6.45, 7) is 8.99. The third-order valence-electron chi connectivity index (χ3n) is 7.20. The molecule has 6 nitrogen and oxygen atoms in total. The fourth-order valence-corrected chi connectivity index (χ4v) is 5.27. The maximum Gasteiger partial charge on any atom is 0.335 e. The van der Waals surface area contributed by atoms with Crippen LogP contribution in [0.3, 0.4) is 0 Å². The normalized spacial score (nSPS) is 19.0. The van der Waals surface area contributed by atoms with E-state index in [9.17, 15) is 14.7 Å². The van der Waals surface area contributed by atoms with Crippen LogP contribution in [0.15, 0.2) is 72.5 Å². The summed E-state index contributed by atoms with van der Waals surface area (Å²) < 4.78 is 7.21. The van der Waals surface area contributed by atoms with E-state index in [2.05, 4.69) is 49.3 Å². The SMILES string of the molecule is CN1\C(=C/C=C/C=C/C2=[N+](C)c3ccc(OC=O)cc3C2(C)C)C(C)(C)c2cc(C(=O)O)ccc21. The minimum atomic E-state index is -0.916. The van der Waals surface area contributed by atoms with Crippen LogP contribution in [0.4, 0.5) is 11.4 Å². The van der Waals surface area contributed by atoms with Crippen molar-refractivity contribution in [3.05, 3.63) is 89.2 Å². The second-order valence-corrected chi connectivity index (χ2v) is 9.98. The van der Waals surface area contributed by atoms with Crippen LogP contribution in [-0.4, -0.2) is 41.9 Å². The summed E-state index contributed by atoms with van der Waals surface area (Å²) in [6, 6.07) is 11.0. The number of aromatic carboxylic acids is 1. The first-order chi connectivity index (χ1) is 16.5. The van der Waals surface area contributed by atoms with Crippen molar-refractivity contribution in [1.82, 2.24) is 0 Å². The molecule has 0 saturated heterocycles. The van der Waals surface area contributed by atoms with Crippen LogP contribution in [0.1, 0.15) is 49.2 Å². The standard InChI is InChI=1S/C29H30N2O4/c1-28(2)21-16-19(27(33)34)12-14-23(21)30(5)25(28)10-8-7-9-11-26-29(3,4)22-17-20(35-18-32)13-15-24(22)31(26)6/h7-18H,1-6H3/p+1. The van der Waals surface area contributed by atoms with E-state index in [-0.39, 0.29) is 10.8 Å². The lowest BCUT2D eigenvalue weighted by Gasteiger charge is -2.23. The van der Waals surface area contributed by atoms with E-state index < -0.39 is 5.97 Å². The second kappa shape index (κ2) is 8.69. The molecule has 2 aliphatic rings. The van der Waals surface area contributed by atoms with Crippen LogP contribution >= 0.6 is 0 Å². The van der Waals surface area contributed by atoms with Crippen molar-refractivity contribution in [2.45, 2.75) is 38.5 Å². The molecule has 0 amide bonds. The smallest absolute Gasteiger partial charge is 0.335 e. The predicted molar refractivity (Wildman–Crippen MR) is 138 cm³/mol. The summed E-state index contributed by atoms with van der Waals surface area (Å²) in [5, 5.41) is 9.39. The number of carbonyl (C=O) groups excluding carboxylic acids is 1. The maximum atomic E-state index is 11.4. The number of ether oxygens (including phenoxy) is 1. The van der Waals surface area contributed by atoms with Gasteiger partial charge in [-0.05, 0) is 55.8 Å². The highest BCUT2D eigenvalue weighted by Gasteiger charge is 2.43. The lowest BCUT2D eigenvalue weighted by Crippen LogP contribution is -2.26. The summed E-state index contributed by atoms with van der Waals surface area (Å²) in [4.78, 5) is 24.3. The largest absolute Gasteiger partial charge is 0.478 e. The van der Waals surface area contributed by atoms with Gasteiger partial charge in [-0.3, -0.25) is 4.79 Å². The molecule has 0 unspecified atom stereocenters. The van der Waals surface area contributed by atoms with E-state index in [0.717, 1.165) is 33.9 Å². The summed E-state index contributed by atoms with van der Waals surface area (Å²) in [7, 11) is 4.05. The number of nitrogens with zero attached hydrogens (tertiary/aromatic N) is 2. The van der Waals surface area contributed by atoms with Gasteiger partial charge in [0, 0.05) is 41.6 Å². The van der Waals surface area contributed by atoms with Gasteiger partial charge in [-0.15, -0.1) is 0 Å². The van der Waals surface area contributed by atoms with Gasteiger partial charge in [-0.2, -0.15) is 4.58 Å². The van der Waals surface area contributed by atoms with E-state index in [1.54, 1.807) is 18.2 Å². The second-order valence-electron chi connectivity index (χ2n) is 9.98. The van der Waals surface area contributed by atoms with Gasteiger partial charge in [0.25, 0.3) is 6.47 Å².